The lowest BCUT2D eigenvalue weighted by Crippen LogP contribution is -2.40. The molecule has 2 heterocycles. The van der Waals surface area contributed by atoms with Crippen LogP contribution in [0.1, 0.15) is 10.4 Å². The third-order valence-electron chi connectivity index (χ3n) is 5.19. The second-order valence-electron chi connectivity index (χ2n) is 7.55. The van der Waals surface area contributed by atoms with Crippen LogP contribution in [0.25, 0.3) is 11.3 Å². The molecule has 1 N–H and O–H groups in total. The van der Waals surface area contributed by atoms with Gasteiger partial charge in [-0.15, -0.1) is 11.3 Å². The Hall–Kier alpha value is -2.84. The van der Waals surface area contributed by atoms with E-state index in [1.54, 1.807) is 5.38 Å². The van der Waals surface area contributed by atoms with Crippen LogP contribution in [0.15, 0.2) is 57.2 Å². The average molecular weight is 596 g/mol. The number of hydrogen-bond acceptors (Lipinski definition) is 9. The molecule has 13 heteroatoms. The molecule has 0 aliphatic carbocycles. The normalized spacial score (nSPS) is 14.3. The highest BCUT2D eigenvalue weighted by Crippen LogP contribution is 2.29. The molecule has 0 saturated carbocycles. The van der Waals surface area contributed by atoms with Crippen molar-refractivity contribution >= 4 is 54.3 Å². The van der Waals surface area contributed by atoms with Crippen LogP contribution >= 0.6 is 27.3 Å². The van der Waals surface area contributed by atoms with Gasteiger partial charge < -0.3 is 14.2 Å². The predicted molar refractivity (Wildman–Crippen MR) is 137 cm³/mol. The van der Waals surface area contributed by atoms with Crippen LogP contribution in [-0.2, 0) is 24.3 Å². The number of esters is 1. The summed E-state index contributed by atoms with van der Waals surface area (Å²) in [7, 11) is -2.58. The van der Waals surface area contributed by atoms with Crippen molar-refractivity contribution in [2.75, 3.05) is 45.3 Å². The van der Waals surface area contributed by atoms with Crippen molar-refractivity contribution in [2.45, 2.75) is 4.90 Å². The van der Waals surface area contributed by atoms with E-state index >= 15 is 0 Å². The summed E-state index contributed by atoms with van der Waals surface area (Å²) in [5, 5.41) is 4.75. The van der Waals surface area contributed by atoms with E-state index in [2.05, 4.69) is 26.2 Å². The van der Waals surface area contributed by atoms with E-state index in [9.17, 15) is 18.0 Å². The van der Waals surface area contributed by atoms with E-state index in [1.165, 1.54) is 41.0 Å². The summed E-state index contributed by atoms with van der Waals surface area (Å²) in [6.45, 7) is 0.382. The molecule has 0 unspecified atom stereocenters. The van der Waals surface area contributed by atoms with Gasteiger partial charge in [-0.1, -0.05) is 28.1 Å². The van der Waals surface area contributed by atoms with Gasteiger partial charge >= 0.3 is 5.97 Å². The highest BCUT2D eigenvalue weighted by Gasteiger charge is 2.30. The molecule has 10 nitrogen and oxygen atoms in total. The summed E-state index contributed by atoms with van der Waals surface area (Å²) in [6.07, 6.45) is 0. The molecule has 36 heavy (non-hydrogen) atoms. The summed E-state index contributed by atoms with van der Waals surface area (Å²) < 4.78 is 43.9. The maximum atomic E-state index is 13.1. The van der Waals surface area contributed by atoms with Gasteiger partial charge in [0, 0.05) is 28.5 Å². The van der Waals surface area contributed by atoms with Gasteiger partial charge in [-0.3, -0.25) is 10.1 Å². The molecule has 1 aromatic heterocycles. The minimum absolute atomic E-state index is 0.0263. The SMILES string of the molecule is COc1ccc(C(=O)OCC(=O)Nc2nc(-c3cccc(Br)c3)cs2)cc1S(=O)(=O)N1CCOCC1. The number of rotatable bonds is 8. The van der Waals surface area contributed by atoms with Crippen molar-refractivity contribution < 1.29 is 32.2 Å². The summed E-state index contributed by atoms with van der Waals surface area (Å²) in [4.78, 5) is 29.1. The lowest BCUT2D eigenvalue weighted by molar-refractivity contribution is -0.119. The number of methoxy groups -OCH3 is 1. The summed E-state index contributed by atoms with van der Waals surface area (Å²) >= 11 is 4.65. The summed E-state index contributed by atoms with van der Waals surface area (Å²) in [6, 6.07) is 11.5. The molecule has 190 valence electrons. The molecule has 0 bridgehead atoms. The number of ether oxygens (including phenoxy) is 3. The van der Waals surface area contributed by atoms with Crippen molar-refractivity contribution in [3.8, 4) is 17.0 Å². The summed E-state index contributed by atoms with van der Waals surface area (Å²) in [5.74, 6) is -1.32. The van der Waals surface area contributed by atoms with Gasteiger partial charge in [-0.2, -0.15) is 4.31 Å². The minimum atomic E-state index is -3.92. The first kappa shape index (κ1) is 26.2. The Kier molecular flexibility index (Phi) is 8.36. The lowest BCUT2D eigenvalue weighted by Gasteiger charge is -2.26. The van der Waals surface area contributed by atoms with E-state index in [0.29, 0.717) is 10.8 Å². The molecule has 0 radical (unpaired) electrons. The van der Waals surface area contributed by atoms with Crippen LogP contribution in [0.3, 0.4) is 0 Å². The topological polar surface area (TPSA) is 124 Å². The van der Waals surface area contributed by atoms with E-state index in [4.69, 9.17) is 14.2 Å². The van der Waals surface area contributed by atoms with Gasteiger partial charge in [0.05, 0.1) is 31.6 Å². The molecule has 1 aliphatic rings. The van der Waals surface area contributed by atoms with Crippen LogP contribution < -0.4 is 10.1 Å². The highest BCUT2D eigenvalue weighted by atomic mass is 79.9. The second-order valence-corrected chi connectivity index (χ2v) is 11.2. The molecule has 0 atom stereocenters. The minimum Gasteiger partial charge on any atom is -0.495 e. The van der Waals surface area contributed by atoms with E-state index in [-0.39, 0.29) is 42.5 Å². The zero-order chi connectivity index (χ0) is 25.7. The lowest BCUT2D eigenvalue weighted by atomic mass is 10.2. The number of carbonyl (C=O) groups is 2. The molecule has 1 aliphatic heterocycles. The molecular formula is C23H22BrN3O7S2. The zero-order valence-corrected chi connectivity index (χ0v) is 22.3. The number of amides is 1. The maximum Gasteiger partial charge on any atom is 0.338 e. The quantitative estimate of drug-likeness (QED) is 0.393. The maximum absolute atomic E-state index is 13.1. The Morgan fingerprint density at radius 3 is 2.69 bits per heavy atom. The molecule has 1 amide bonds. The van der Waals surface area contributed by atoms with E-state index in [1.807, 2.05) is 24.3 Å². The number of aromatic nitrogens is 1. The molecule has 1 fully saturated rings. The van der Waals surface area contributed by atoms with Crippen LogP contribution in [0.2, 0.25) is 0 Å². The van der Waals surface area contributed by atoms with Crippen LogP contribution in [0.4, 0.5) is 5.13 Å². The van der Waals surface area contributed by atoms with Crippen LogP contribution in [-0.4, -0.2) is 69.6 Å². The first-order valence-electron chi connectivity index (χ1n) is 10.7. The number of hydrogen-bond donors (Lipinski definition) is 1. The molecule has 1 saturated heterocycles. The Bertz CT molecular complexity index is 1370. The average Bonchev–Trinajstić information content (AvgIpc) is 3.36. The fourth-order valence-corrected chi connectivity index (χ4v) is 6.14. The Morgan fingerprint density at radius 2 is 1.97 bits per heavy atom. The van der Waals surface area contributed by atoms with Crippen molar-refractivity contribution in [3.63, 3.8) is 0 Å². The standard InChI is InChI=1S/C23H22BrN3O7S2/c1-32-19-6-5-16(12-20(19)36(30,31)27-7-9-33-10-8-27)22(29)34-13-21(28)26-23-25-18(14-35-23)15-3-2-4-17(24)11-15/h2-6,11-12,14H,7-10,13H2,1H3,(H,25,26,28). The molecule has 2 aromatic carbocycles. The first-order valence-corrected chi connectivity index (χ1v) is 13.8. The zero-order valence-electron chi connectivity index (χ0n) is 19.1. The van der Waals surface area contributed by atoms with Crippen molar-refractivity contribution in [1.82, 2.24) is 9.29 Å². The summed E-state index contributed by atoms with van der Waals surface area (Å²) in [5.41, 5.74) is 1.55. The van der Waals surface area contributed by atoms with E-state index in [0.717, 1.165) is 10.0 Å². The first-order chi connectivity index (χ1) is 17.3. The molecule has 0 spiro atoms. The monoisotopic (exact) mass is 595 g/mol. The number of nitrogens with one attached hydrogen (secondary N) is 1. The molecule has 3 aromatic rings. The number of halogens is 1. The van der Waals surface area contributed by atoms with Gasteiger partial charge in [0.15, 0.2) is 11.7 Å². The van der Waals surface area contributed by atoms with Crippen LogP contribution in [0, 0.1) is 0 Å². The van der Waals surface area contributed by atoms with E-state index < -0.39 is 28.5 Å². The molecule has 4 rings (SSSR count). The van der Waals surface area contributed by atoms with Crippen LogP contribution in [0.5, 0.6) is 5.75 Å². The fourth-order valence-electron chi connectivity index (χ4n) is 3.41. The van der Waals surface area contributed by atoms with Crippen molar-refractivity contribution in [3.05, 3.63) is 57.9 Å². The number of sulfonamides is 1. The Balaban J connectivity index is 1.40. The van der Waals surface area contributed by atoms with Gasteiger partial charge in [-0.25, -0.2) is 18.2 Å². The van der Waals surface area contributed by atoms with Crippen molar-refractivity contribution in [1.29, 1.82) is 0 Å². The fraction of sp³-hybridized carbons (Fsp3) is 0.261. The van der Waals surface area contributed by atoms with Gasteiger partial charge in [0.25, 0.3) is 5.91 Å². The highest BCUT2D eigenvalue weighted by molar-refractivity contribution is 9.10. The second kappa shape index (κ2) is 11.5. The Labute approximate surface area is 220 Å². The Morgan fingerprint density at radius 1 is 1.19 bits per heavy atom. The largest absolute Gasteiger partial charge is 0.495 e. The third-order valence-corrected chi connectivity index (χ3v) is 8.36. The number of carbonyl (C=O) groups excluding carboxylic acids is 2. The molecular weight excluding hydrogens is 574 g/mol. The van der Waals surface area contributed by atoms with Crippen molar-refractivity contribution in [2.24, 2.45) is 0 Å². The number of morpholine rings is 1. The number of benzene rings is 2. The third kappa shape index (κ3) is 6.10. The number of thiazole rings is 1. The van der Waals surface area contributed by atoms with Gasteiger partial charge in [0.2, 0.25) is 10.0 Å². The number of nitrogens with zero attached hydrogens (tertiary/aromatic N) is 2. The predicted octanol–water partition coefficient (Wildman–Crippen LogP) is 3.40. The smallest absolute Gasteiger partial charge is 0.338 e. The number of anilines is 1. The van der Waals surface area contributed by atoms with Gasteiger partial charge in [0.1, 0.15) is 10.6 Å². The van der Waals surface area contributed by atoms with Gasteiger partial charge in [-0.05, 0) is 30.3 Å².